The van der Waals surface area contributed by atoms with E-state index in [0.29, 0.717) is 17.0 Å². The Bertz CT molecular complexity index is 859. The van der Waals surface area contributed by atoms with E-state index in [1.807, 2.05) is 6.92 Å². The first kappa shape index (κ1) is 14.2. The molecule has 3 aromatic rings. The van der Waals surface area contributed by atoms with Gasteiger partial charge in [-0.3, -0.25) is 0 Å². The lowest BCUT2D eigenvalue weighted by Gasteiger charge is -2.08. The van der Waals surface area contributed by atoms with Crippen LogP contribution in [0, 0.1) is 6.92 Å². The molecule has 0 spiro atoms. The number of rotatable bonds is 1. The highest BCUT2D eigenvalue weighted by Crippen LogP contribution is 2.29. The van der Waals surface area contributed by atoms with Crippen LogP contribution in [-0.2, 0) is 6.18 Å². The quantitative estimate of drug-likeness (QED) is 0.698. The van der Waals surface area contributed by atoms with E-state index in [1.54, 1.807) is 18.2 Å². The lowest BCUT2D eigenvalue weighted by atomic mass is 10.1. The maximum atomic E-state index is 12.6. The highest BCUT2D eigenvalue weighted by molar-refractivity contribution is 5.76. The van der Waals surface area contributed by atoms with Crippen molar-refractivity contribution in [3.8, 4) is 11.4 Å². The van der Waals surface area contributed by atoms with Crippen molar-refractivity contribution in [2.45, 2.75) is 13.1 Å². The average molecular weight is 304 g/mol. The summed E-state index contributed by atoms with van der Waals surface area (Å²) in [5.41, 5.74) is 7.48. The van der Waals surface area contributed by atoms with E-state index in [0.717, 1.165) is 17.2 Å². The summed E-state index contributed by atoms with van der Waals surface area (Å²) >= 11 is 0. The van der Waals surface area contributed by atoms with Crippen molar-refractivity contribution in [2.75, 3.05) is 5.73 Å². The number of pyridine rings is 1. The Hall–Kier alpha value is -2.70. The molecule has 2 N–H and O–H groups in total. The summed E-state index contributed by atoms with van der Waals surface area (Å²) in [7, 11) is 0. The van der Waals surface area contributed by atoms with Gasteiger partial charge in [-0.25, -0.2) is 15.0 Å². The van der Waals surface area contributed by atoms with Crippen LogP contribution in [0.1, 0.15) is 11.3 Å². The van der Waals surface area contributed by atoms with Crippen molar-refractivity contribution in [3.05, 3.63) is 47.8 Å². The molecule has 0 aliphatic heterocycles. The summed E-state index contributed by atoms with van der Waals surface area (Å²) in [5.74, 6) is 0.423. The zero-order chi connectivity index (χ0) is 15.9. The molecule has 112 valence electrons. The lowest BCUT2D eigenvalue weighted by Crippen LogP contribution is -2.08. The van der Waals surface area contributed by atoms with Crippen LogP contribution >= 0.6 is 0 Å². The number of nitrogen functional groups attached to an aromatic ring is 1. The number of hydrogen-bond donors (Lipinski definition) is 1. The molecular weight excluding hydrogens is 293 g/mol. The van der Waals surface area contributed by atoms with Gasteiger partial charge in [-0.1, -0.05) is 0 Å². The number of aromatic nitrogens is 3. The van der Waals surface area contributed by atoms with Crippen molar-refractivity contribution in [1.82, 2.24) is 15.0 Å². The van der Waals surface area contributed by atoms with Crippen LogP contribution in [-0.4, -0.2) is 15.0 Å². The van der Waals surface area contributed by atoms with Crippen LogP contribution in [0.5, 0.6) is 0 Å². The molecule has 4 nitrogen and oxygen atoms in total. The molecule has 2 heterocycles. The third-order valence-corrected chi connectivity index (χ3v) is 3.22. The Morgan fingerprint density at radius 3 is 2.45 bits per heavy atom. The molecule has 0 saturated carbocycles. The number of fused-ring (bicyclic) bond motifs is 1. The maximum absolute atomic E-state index is 12.6. The van der Waals surface area contributed by atoms with E-state index in [-0.39, 0.29) is 5.52 Å². The van der Waals surface area contributed by atoms with Gasteiger partial charge in [-0.2, -0.15) is 13.2 Å². The molecule has 0 aliphatic carbocycles. The summed E-state index contributed by atoms with van der Waals surface area (Å²) in [4.78, 5) is 11.9. The van der Waals surface area contributed by atoms with Crippen molar-refractivity contribution in [2.24, 2.45) is 0 Å². The summed E-state index contributed by atoms with van der Waals surface area (Å²) in [6, 6.07) is 7.50. The van der Waals surface area contributed by atoms with Crippen LogP contribution in [0.15, 0.2) is 36.5 Å². The maximum Gasteiger partial charge on any atom is 0.433 e. The Balaban J connectivity index is 2.11. The summed E-state index contributed by atoms with van der Waals surface area (Å²) in [6.45, 7) is 1.87. The van der Waals surface area contributed by atoms with E-state index in [9.17, 15) is 13.2 Å². The minimum atomic E-state index is -4.49. The monoisotopic (exact) mass is 304 g/mol. The topological polar surface area (TPSA) is 64.7 Å². The third kappa shape index (κ3) is 2.57. The highest BCUT2D eigenvalue weighted by Gasteiger charge is 2.32. The Labute approximate surface area is 123 Å². The minimum absolute atomic E-state index is 0.103. The van der Waals surface area contributed by atoms with Gasteiger partial charge in [0.1, 0.15) is 11.2 Å². The number of anilines is 1. The van der Waals surface area contributed by atoms with Gasteiger partial charge in [-0.05, 0) is 42.8 Å². The third-order valence-electron chi connectivity index (χ3n) is 3.22. The molecule has 0 amide bonds. The van der Waals surface area contributed by atoms with Crippen molar-refractivity contribution in [3.63, 3.8) is 0 Å². The van der Waals surface area contributed by atoms with E-state index in [4.69, 9.17) is 5.73 Å². The minimum Gasteiger partial charge on any atom is -0.399 e. The molecule has 0 saturated heterocycles. The van der Waals surface area contributed by atoms with Crippen molar-refractivity contribution in [1.29, 1.82) is 0 Å². The fourth-order valence-corrected chi connectivity index (χ4v) is 2.15. The first-order valence-electron chi connectivity index (χ1n) is 6.42. The molecule has 22 heavy (non-hydrogen) atoms. The predicted octanol–water partition coefficient (Wildman–Crippen LogP) is 3.60. The Morgan fingerprint density at radius 1 is 1.00 bits per heavy atom. The summed E-state index contributed by atoms with van der Waals surface area (Å²) in [6.07, 6.45) is -3.19. The normalized spacial score (nSPS) is 11.8. The van der Waals surface area contributed by atoms with E-state index < -0.39 is 11.9 Å². The average Bonchev–Trinajstić information content (AvgIpc) is 2.45. The van der Waals surface area contributed by atoms with Crippen molar-refractivity contribution >= 4 is 16.7 Å². The van der Waals surface area contributed by atoms with Gasteiger partial charge in [0.25, 0.3) is 0 Å². The fourth-order valence-electron chi connectivity index (χ4n) is 2.15. The number of halogens is 3. The number of hydrogen-bond acceptors (Lipinski definition) is 4. The van der Waals surface area contributed by atoms with Gasteiger partial charge >= 0.3 is 6.18 Å². The second-order valence-electron chi connectivity index (χ2n) is 4.87. The van der Waals surface area contributed by atoms with Gasteiger partial charge in [0, 0.05) is 11.3 Å². The largest absolute Gasteiger partial charge is 0.433 e. The Kier molecular flexibility index (Phi) is 3.20. The van der Waals surface area contributed by atoms with Gasteiger partial charge in [0.15, 0.2) is 5.82 Å². The van der Waals surface area contributed by atoms with Crippen LogP contribution in [0.2, 0.25) is 0 Å². The van der Waals surface area contributed by atoms with Gasteiger partial charge in [0.2, 0.25) is 0 Å². The molecule has 7 heteroatoms. The number of nitrogens with zero attached hydrogens (tertiary/aromatic N) is 3. The molecule has 3 rings (SSSR count). The van der Waals surface area contributed by atoms with Crippen molar-refractivity contribution < 1.29 is 13.2 Å². The molecule has 0 atom stereocenters. The number of nitrogens with two attached hydrogens (primary N) is 1. The zero-order valence-electron chi connectivity index (χ0n) is 11.5. The highest BCUT2D eigenvalue weighted by atomic mass is 19.4. The van der Waals surface area contributed by atoms with E-state index >= 15 is 0 Å². The number of alkyl halides is 3. The second-order valence-corrected chi connectivity index (χ2v) is 4.87. The molecule has 0 unspecified atom stereocenters. The summed E-state index contributed by atoms with van der Waals surface area (Å²) < 4.78 is 37.9. The molecule has 2 aromatic heterocycles. The second kappa shape index (κ2) is 4.94. The molecular formula is C15H11F3N4. The smallest absolute Gasteiger partial charge is 0.399 e. The van der Waals surface area contributed by atoms with Crippen LogP contribution < -0.4 is 5.73 Å². The molecule has 1 aromatic carbocycles. The Morgan fingerprint density at radius 2 is 1.77 bits per heavy atom. The molecule has 0 bridgehead atoms. The zero-order valence-corrected chi connectivity index (χ0v) is 11.5. The summed E-state index contributed by atoms with van der Waals surface area (Å²) in [5, 5.41) is 0. The number of aryl methyl sites for hydroxylation is 1. The van der Waals surface area contributed by atoms with E-state index in [2.05, 4.69) is 15.0 Å². The SMILES string of the molecule is Cc1cc(N)ccc1-c1ncc2nc(C(F)(F)F)ccc2n1. The van der Waals surface area contributed by atoms with Crippen LogP contribution in [0.25, 0.3) is 22.4 Å². The van der Waals surface area contributed by atoms with Crippen LogP contribution in [0.4, 0.5) is 18.9 Å². The van der Waals surface area contributed by atoms with E-state index in [1.165, 1.54) is 12.3 Å². The first-order valence-corrected chi connectivity index (χ1v) is 6.42. The molecule has 0 aliphatic rings. The van der Waals surface area contributed by atoms with Gasteiger partial charge in [0.05, 0.1) is 11.7 Å². The van der Waals surface area contributed by atoms with Crippen LogP contribution in [0.3, 0.4) is 0 Å². The van der Waals surface area contributed by atoms with Gasteiger partial charge in [-0.15, -0.1) is 0 Å². The first-order chi connectivity index (χ1) is 10.3. The molecule has 0 radical (unpaired) electrons. The van der Waals surface area contributed by atoms with Gasteiger partial charge < -0.3 is 5.73 Å². The standard InChI is InChI=1S/C15H11F3N4/c1-8-6-9(19)2-3-10(8)14-20-7-12-11(22-14)4-5-13(21-12)15(16,17)18/h2-7H,19H2,1H3. The lowest BCUT2D eigenvalue weighted by molar-refractivity contribution is -0.140. The molecule has 0 fully saturated rings. The fraction of sp³-hybridized carbons (Fsp3) is 0.133. The predicted molar refractivity (Wildman–Crippen MR) is 76.9 cm³/mol. The number of benzene rings is 1.